The van der Waals surface area contributed by atoms with Crippen molar-refractivity contribution in [3.05, 3.63) is 42.2 Å². The van der Waals surface area contributed by atoms with E-state index in [1.807, 2.05) is 18.2 Å². The SMILES string of the molecule is CC(=O)c1cccc(Nc2cn[nH]c2)c1. The molecule has 0 aliphatic carbocycles. The highest BCUT2D eigenvalue weighted by Crippen LogP contribution is 2.16. The van der Waals surface area contributed by atoms with E-state index >= 15 is 0 Å². The second kappa shape index (κ2) is 3.96. The number of rotatable bonds is 3. The van der Waals surface area contributed by atoms with Crippen LogP contribution in [0, 0.1) is 0 Å². The lowest BCUT2D eigenvalue weighted by atomic mass is 10.1. The van der Waals surface area contributed by atoms with Crippen molar-refractivity contribution in [1.82, 2.24) is 10.2 Å². The van der Waals surface area contributed by atoms with Crippen LogP contribution in [-0.4, -0.2) is 16.0 Å². The minimum absolute atomic E-state index is 0.0610. The lowest BCUT2D eigenvalue weighted by molar-refractivity contribution is 0.101. The highest BCUT2D eigenvalue weighted by molar-refractivity contribution is 5.95. The number of carbonyl (C=O) groups excluding carboxylic acids is 1. The van der Waals surface area contributed by atoms with E-state index in [1.54, 1.807) is 25.4 Å². The number of Topliss-reactive ketones (excluding diaryl/α,β-unsaturated/α-hetero) is 1. The Labute approximate surface area is 87.3 Å². The van der Waals surface area contributed by atoms with Crippen LogP contribution < -0.4 is 5.32 Å². The number of aromatic amines is 1. The van der Waals surface area contributed by atoms with Crippen molar-refractivity contribution in [3.63, 3.8) is 0 Å². The van der Waals surface area contributed by atoms with Crippen LogP contribution in [0.1, 0.15) is 17.3 Å². The highest BCUT2D eigenvalue weighted by atomic mass is 16.1. The fourth-order valence-corrected chi connectivity index (χ4v) is 1.30. The number of aromatic nitrogens is 2. The van der Waals surface area contributed by atoms with Gasteiger partial charge < -0.3 is 5.32 Å². The van der Waals surface area contributed by atoms with Gasteiger partial charge in [-0.25, -0.2) is 0 Å². The summed E-state index contributed by atoms with van der Waals surface area (Å²) in [5.41, 5.74) is 2.45. The number of hydrogen-bond acceptors (Lipinski definition) is 3. The van der Waals surface area contributed by atoms with Crippen molar-refractivity contribution in [1.29, 1.82) is 0 Å². The molecule has 0 amide bonds. The lowest BCUT2D eigenvalue weighted by Crippen LogP contribution is -1.94. The maximum Gasteiger partial charge on any atom is 0.159 e. The molecule has 0 saturated heterocycles. The third-order valence-electron chi connectivity index (χ3n) is 2.06. The van der Waals surface area contributed by atoms with Crippen molar-refractivity contribution >= 4 is 17.2 Å². The summed E-state index contributed by atoms with van der Waals surface area (Å²) < 4.78 is 0. The number of carbonyl (C=O) groups is 1. The Bertz CT molecular complexity index is 462. The summed E-state index contributed by atoms with van der Waals surface area (Å²) in [4.78, 5) is 11.2. The van der Waals surface area contributed by atoms with Crippen molar-refractivity contribution < 1.29 is 4.79 Å². The molecule has 2 aromatic rings. The molecule has 0 aliphatic heterocycles. The molecule has 15 heavy (non-hydrogen) atoms. The monoisotopic (exact) mass is 201 g/mol. The summed E-state index contributed by atoms with van der Waals surface area (Å²) in [5.74, 6) is 0.0610. The Morgan fingerprint density at radius 3 is 2.93 bits per heavy atom. The average Bonchev–Trinajstić information content (AvgIpc) is 2.71. The molecule has 1 heterocycles. The second-order valence-electron chi connectivity index (χ2n) is 3.25. The summed E-state index contributed by atoms with van der Waals surface area (Å²) in [6.07, 6.45) is 3.43. The number of hydrogen-bond donors (Lipinski definition) is 2. The molecule has 76 valence electrons. The summed E-state index contributed by atoms with van der Waals surface area (Å²) in [7, 11) is 0. The van der Waals surface area contributed by atoms with Crippen LogP contribution in [0.4, 0.5) is 11.4 Å². The molecule has 0 atom stereocenters. The van der Waals surface area contributed by atoms with Crippen LogP contribution in [-0.2, 0) is 0 Å². The molecule has 0 spiro atoms. The Balaban J connectivity index is 2.22. The fraction of sp³-hybridized carbons (Fsp3) is 0.0909. The molecular formula is C11H11N3O. The van der Waals surface area contributed by atoms with Crippen LogP contribution in [0.2, 0.25) is 0 Å². The Hall–Kier alpha value is -2.10. The molecule has 2 rings (SSSR count). The fourth-order valence-electron chi connectivity index (χ4n) is 1.30. The Kier molecular flexibility index (Phi) is 2.49. The topological polar surface area (TPSA) is 57.8 Å². The summed E-state index contributed by atoms with van der Waals surface area (Å²) in [6.45, 7) is 1.55. The molecule has 4 nitrogen and oxygen atoms in total. The summed E-state index contributed by atoms with van der Waals surface area (Å²) >= 11 is 0. The number of benzene rings is 1. The van der Waals surface area contributed by atoms with Gasteiger partial charge in [-0.15, -0.1) is 0 Å². The molecule has 2 N–H and O–H groups in total. The van der Waals surface area contributed by atoms with E-state index in [4.69, 9.17) is 0 Å². The van der Waals surface area contributed by atoms with Crippen LogP contribution >= 0.6 is 0 Å². The molecule has 0 bridgehead atoms. The van der Waals surface area contributed by atoms with E-state index in [-0.39, 0.29) is 5.78 Å². The molecule has 4 heteroatoms. The third kappa shape index (κ3) is 2.22. The predicted octanol–water partition coefficient (Wildman–Crippen LogP) is 2.36. The van der Waals surface area contributed by atoms with Gasteiger partial charge in [0.1, 0.15) is 0 Å². The molecule has 0 radical (unpaired) electrons. The largest absolute Gasteiger partial charge is 0.353 e. The molecular weight excluding hydrogens is 190 g/mol. The van der Waals surface area contributed by atoms with Crippen LogP contribution in [0.5, 0.6) is 0 Å². The first-order valence-electron chi connectivity index (χ1n) is 4.62. The van der Waals surface area contributed by atoms with Gasteiger partial charge in [0, 0.05) is 17.4 Å². The van der Waals surface area contributed by atoms with Gasteiger partial charge in [-0.1, -0.05) is 12.1 Å². The minimum atomic E-state index is 0.0610. The molecule has 0 unspecified atom stereocenters. The van der Waals surface area contributed by atoms with Gasteiger partial charge in [0.15, 0.2) is 5.78 Å². The van der Waals surface area contributed by atoms with Gasteiger partial charge in [0.2, 0.25) is 0 Å². The van der Waals surface area contributed by atoms with Crippen molar-refractivity contribution in [3.8, 4) is 0 Å². The highest BCUT2D eigenvalue weighted by Gasteiger charge is 2.00. The maximum absolute atomic E-state index is 11.2. The van der Waals surface area contributed by atoms with Gasteiger partial charge in [-0.3, -0.25) is 9.89 Å². The lowest BCUT2D eigenvalue weighted by Gasteiger charge is -2.04. The zero-order valence-corrected chi connectivity index (χ0v) is 8.32. The van der Waals surface area contributed by atoms with E-state index in [0.29, 0.717) is 5.56 Å². The van der Waals surface area contributed by atoms with Crippen molar-refractivity contribution in [2.24, 2.45) is 0 Å². The predicted molar refractivity (Wildman–Crippen MR) is 58.3 cm³/mol. The zero-order chi connectivity index (χ0) is 10.7. The molecule has 1 aromatic heterocycles. The van der Waals surface area contributed by atoms with E-state index in [0.717, 1.165) is 11.4 Å². The first-order chi connectivity index (χ1) is 7.25. The number of ketones is 1. The van der Waals surface area contributed by atoms with Gasteiger partial charge >= 0.3 is 0 Å². The van der Waals surface area contributed by atoms with Crippen LogP contribution in [0.15, 0.2) is 36.7 Å². The third-order valence-corrected chi connectivity index (χ3v) is 2.06. The quantitative estimate of drug-likeness (QED) is 0.749. The normalized spacial score (nSPS) is 9.93. The Morgan fingerprint density at radius 2 is 2.27 bits per heavy atom. The average molecular weight is 201 g/mol. The van der Waals surface area contributed by atoms with Gasteiger partial charge in [-0.05, 0) is 19.1 Å². The number of anilines is 2. The van der Waals surface area contributed by atoms with Gasteiger partial charge in [0.25, 0.3) is 0 Å². The molecule has 1 aromatic carbocycles. The van der Waals surface area contributed by atoms with Gasteiger partial charge in [0.05, 0.1) is 11.9 Å². The van der Waals surface area contributed by atoms with Crippen LogP contribution in [0.3, 0.4) is 0 Å². The first kappa shape index (κ1) is 9.45. The minimum Gasteiger partial charge on any atom is -0.353 e. The molecule has 0 fully saturated rings. The molecule has 0 saturated carbocycles. The van der Waals surface area contributed by atoms with E-state index in [2.05, 4.69) is 15.5 Å². The van der Waals surface area contributed by atoms with E-state index in [9.17, 15) is 4.79 Å². The first-order valence-corrected chi connectivity index (χ1v) is 4.62. The zero-order valence-electron chi connectivity index (χ0n) is 8.32. The summed E-state index contributed by atoms with van der Waals surface area (Å²) in [5, 5.41) is 9.66. The van der Waals surface area contributed by atoms with Crippen LogP contribution in [0.25, 0.3) is 0 Å². The smallest absolute Gasteiger partial charge is 0.159 e. The maximum atomic E-state index is 11.2. The van der Waals surface area contributed by atoms with E-state index < -0.39 is 0 Å². The number of H-pyrrole nitrogens is 1. The number of nitrogens with one attached hydrogen (secondary N) is 2. The summed E-state index contributed by atoms with van der Waals surface area (Å²) in [6, 6.07) is 7.36. The van der Waals surface area contributed by atoms with Crippen molar-refractivity contribution in [2.45, 2.75) is 6.92 Å². The molecule has 0 aliphatic rings. The Morgan fingerprint density at radius 1 is 1.40 bits per heavy atom. The van der Waals surface area contributed by atoms with Gasteiger partial charge in [-0.2, -0.15) is 5.10 Å². The van der Waals surface area contributed by atoms with Crippen molar-refractivity contribution in [2.75, 3.05) is 5.32 Å². The second-order valence-corrected chi connectivity index (χ2v) is 3.25. The van der Waals surface area contributed by atoms with E-state index in [1.165, 1.54) is 0 Å². The standard InChI is InChI=1S/C11H11N3O/c1-8(15)9-3-2-4-10(5-9)14-11-6-12-13-7-11/h2-7,14H,1H3,(H,12,13). The number of nitrogens with zero attached hydrogens (tertiary/aromatic N) is 1.